The fourth-order valence-electron chi connectivity index (χ4n) is 1.13. The molecule has 16 heavy (non-hydrogen) atoms. The number of carbonyl (C=O) groups excluding carboxylic acids is 1. The van der Waals surface area contributed by atoms with Gasteiger partial charge in [0, 0.05) is 0 Å². The fraction of sp³-hybridized carbons (Fsp3) is 0.308. The summed E-state index contributed by atoms with van der Waals surface area (Å²) in [5, 5.41) is 0. The first kappa shape index (κ1) is 12.4. The zero-order chi connectivity index (χ0) is 11.8. The molecule has 0 atom stereocenters. The molecule has 0 N–H and O–H groups in total. The topological polar surface area (TPSA) is 26.3 Å². The van der Waals surface area contributed by atoms with E-state index in [9.17, 15) is 9.18 Å². The summed E-state index contributed by atoms with van der Waals surface area (Å²) in [6, 6.07) is 8.83. The van der Waals surface area contributed by atoms with Crippen molar-refractivity contribution in [2.45, 2.75) is 19.8 Å². The van der Waals surface area contributed by atoms with Crippen molar-refractivity contribution in [3.05, 3.63) is 41.7 Å². The maximum atomic E-state index is 13.3. The van der Waals surface area contributed by atoms with Gasteiger partial charge in [-0.1, -0.05) is 43.7 Å². The van der Waals surface area contributed by atoms with Gasteiger partial charge < -0.3 is 4.74 Å². The minimum atomic E-state index is -0.891. The summed E-state index contributed by atoms with van der Waals surface area (Å²) in [5.41, 5.74) is 0.646. The molecule has 0 unspecified atom stereocenters. The van der Waals surface area contributed by atoms with Gasteiger partial charge in [-0.05, 0) is 18.1 Å². The summed E-state index contributed by atoms with van der Waals surface area (Å²) in [6.07, 6.45) is 2.84. The van der Waals surface area contributed by atoms with E-state index in [2.05, 4.69) is 0 Å². The van der Waals surface area contributed by atoms with E-state index in [1.165, 1.54) is 6.08 Å². The lowest BCUT2D eigenvalue weighted by atomic mass is 10.2. The average Bonchev–Trinajstić information content (AvgIpc) is 2.30. The minimum absolute atomic E-state index is 0.269. The molecule has 0 aromatic heterocycles. The summed E-state index contributed by atoms with van der Waals surface area (Å²) < 4.78 is 18.0. The molecule has 1 aromatic carbocycles. The number of halogens is 1. The van der Waals surface area contributed by atoms with E-state index in [1.807, 2.05) is 13.0 Å². The second kappa shape index (κ2) is 6.77. The summed E-state index contributed by atoms with van der Waals surface area (Å²) in [4.78, 5) is 11.2. The molecular formula is C13H15FO2. The standard InChI is InChI=1S/C13H15FO2/c1-2-3-9-16-13(15)12(14)10-11-7-5-4-6-8-11/h4-8,10H,2-3,9H2,1H3/b12-10-. The van der Waals surface area contributed by atoms with Crippen LogP contribution in [0.5, 0.6) is 0 Å². The van der Waals surface area contributed by atoms with Gasteiger partial charge in [0.2, 0.25) is 5.83 Å². The van der Waals surface area contributed by atoms with Crippen LogP contribution in [0.15, 0.2) is 36.2 Å². The van der Waals surface area contributed by atoms with Crippen LogP contribution in [0.2, 0.25) is 0 Å². The monoisotopic (exact) mass is 222 g/mol. The highest BCUT2D eigenvalue weighted by atomic mass is 19.1. The molecule has 0 aliphatic rings. The molecule has 0 amide bonds. The second-order valence-electron chi connectivity index (χ2n) is 3.39. The molecule has 0 fully saturated rings. The van der Waals surface area contributed by atoms with Gasteiger partial charge >= 0.3 is 5.97 Å². The van der Waals surface area contributed by atoms with Gasteiger partial charge in [-0.3, -0.25) is 0 Å². The third-order valence-corrected chi connectivity index (χ3v) is 2.02. The fourth-order valence-corrected chi connectivity index (χ4v) is 1.13. The third-order valence-electron chi connectivity index (χ3n) is 2.02. The highest BCUT2D eigenvalue weighted by Gasteiger charge is 2.09. The Hall–Kier alpha value is -1.64. The molecule has 3 heteroatoms. The van der Waals surface area contributed by atoms with Gasteiger partial charge in [-0.2, -0.15) is 4.39 Å². The highest BCUT2D eigenvalue weighted by Crippen LogP contribution is 2.09. The summed E-state index contributed by atoms with van der Waals surface area (Å²) >= 11 is 0. The van der Waals surface area contributed by atoms with Crippen LogP contribution < -0.4 is 0 Å². The lowest BCUT2D eigenvalue weighted by Gasteiger charge is -2.01. The van der Waals surface area contributed by atoms with Crippen molar-refractivity contribution < 1.29 is 13.9 Å². The van der Waals surface area contributed by atoms with Crippen LogP contribution in [-0.4, -0.2) is 12.6 Å². The average molecular weight is 222 g/mol. The zero-order valence-electron chi connectivity index (χ0n) is 9.28. The van der Waals surface area contributed by atoms with Crippen molar-refractivity contribution in [2.75, 3.05) is 6.61 Å². The first-order valence-corrected chi connectivity index (χ1v) is 5.33. The Labute approximate surface area is 94.7 Å². The number of carbonyl (C=O) groups is 1. The molecule has 2 nitrogen and oxygen atoms in total. The van der Waals surface area contributed by atoms with Gasteiger partial charge in [0.05, 0.1) is 6.61 Å². The van der Waals surface area contributed by atoms with Gasteiger partial charge in [0.1, 0.15) is 0 Å². The Balaban J connectivity index is 2.53. The maximum absolute atomic E-state index is 13.3. The van der Waals surface area contributed by atoms with Crippen molar-refractivity contribution >= 4 is 12.0 Å². The van der Waals surface area contributed by atoms with E-state index >= 15 is 0 Å². The first-order chi connectivity index (χ1) is 7.74. The zero-order valence-corrected chi connectivity index (χ0v) is 9.28. The molecule has 0 heterocycles. The third kappa shape index (κ3) is 4.26. The molecule has 0 spiro atoms. The van der Waals surface area contributed by atoms with Crippen molar-refractivity contribution in [3.8, 4) is 0 Å². The normalized spacial score (nSPS) is 11.2. The number of benzene rings is 1. The lowest BCUT2D eigenvalue weighted by Crippen LogP contribution is -2.05. The van der Waals surface area contributed by atoms with Gasteiger partial charge in [0.25, 0.3) is 0 Å². The smallest absolute Gasteiger partial charge is 0.367 e. The van der Waals surface area contributed by atoms with Crippen LogP contribution in [-0.2, 0) is 9.53 Å². The Morgan fingerprint density at radius 2 is 2.06 bits per heavy atom. The number of unbranched alkanes of at least 4 members (excludes halogenated alkanes) is 1. The van der Waals surface area contributed by atoms with Crippen LogP contribution >= 0.6 is 0 Å². The second-order valence-corrected chi connectivity index (χ2v) is 3.39. The SMILES string of the molecule is CCCCOC(=O)/C(F)=C/c1ccccc1. The Bertz CT molecular complexity index is 357. The molecule has 1 aromatic rings. The molecule has 86 valence electrons. The van der Waals surface area contributed by atoms with Gasteiger partial charge in [-0.25, -0.2) is 4.79 Å². The number of ether oxygens (including phenoxy) is 1. The summed E-state index contributed by atoms with van der Waals surface area (Å²) in [5.74, 6) is -1.75. The van der Waals surface area contributed by atoms with E-state index in [1.54, 1.807) is 24.3 Å². The molecule has 0 saturated heterocycles. The quantitative estimate of drug-likeness (QED) is 0.434. The van der Waals surface area contributed by atoms with E-state index in [4.69, 9.17) is 4.74 Å². The Kier molecular flexibility index (Phi) is 5.26. The lowest BCUT2D eigenvalue weighted by molar-refractivity contribution is -0.140. The molecular weight excluding hydrogens is 207 g/mol. The number of hydrogen-bond acceptors (Lipinski definition) is 2. The van der Waals surface area contributed by atoms with E-state index in [0.29, 0.717) is 5.56 Å². The van der Waals surface area contributed by atoms with Gasteiger partial charge in [0.15, 0.2) is 0 Å². The summed E-state index contributed by atoms with van der Waals surface area (Å²) in [6.45, 7) is 2.25. The first-order valence-electron chi connectivity index (χ1n) is 5.33. The van der Waals surface area contributed by atoms with Crippen molar-refractivity contribution in [3.63, 3.8) is 0 Å². The largest absolute Gasteiger partial charge is 0.460 e. The predicted octanol–water partition coefficient (Wildman–Crippen LogP) is 3.34. The van der Waals surface area contributed by atoms with Crippen molar-refractivity contribution in [1.29, 1.82) is 0 Å². The van der Waals surface area contributed by atoms with Crippen LogP contribution in [0.3, 0.4) is 0 Å². The van der Waals surface area contributed by atoms with Crippen LogP contribution in [0, 0.1) is 0 Å². The van der Waals surface area contributed by atoms with E-state index in [-0.39, 0.29) is 6.61 Å². The van der Waals surface area contributed by atoms with Crippen LogP contribution in [0.1, 0.15) is 25.3 Å². The number of rotatable bonds is 5. The minimum Gasteiger partial charge on any atom is -0.460 e. The molecule has 0 aliphatic heterocycles. The molecule has 0 aliphatic carbocycles. The maximum Gasteiger partial charge on any atom is 0.367 e. The van der Waals surface area contributed by atoms with Gasteiger partial charge in [-0.15, -0.1) is 0 Å². The number of hydrogen-bond donors (Lipinski definition) is 0. The molecule has 0 radical (unpaired) electrons. The van der Waals surface area contributed by atoms with E-state index in [0.717, 1.165) is 12.8 Å². The van der Waals surface area contributed by atoms with Crippen LogP contribution in [0.4, 0.5) is 4.39 Å². The molecule has 0 bridgehead atoms. The molecule has 1 rings (SSSR count). The predicted molar refractivity (Wildman–Crippen MR) is 61.4 cm³/mol. The van der Waals surface area contributed by atoms with Crippen molar-refractivity contribution in [2.24, 2.45) is 0 Å². The highest BCUT2D eigenvalue weighted by molar-refractivity contribution is 5.91. The Morgan fingerprint density at radius 1 is 1.38 bits per heavy atom. The van der Waals surface area contributed by atoms with E-state index < -0.39 is 11.8 Å². The Morgan fingerprint density at radius 3 is 2.69 bits per heavy atom. The summed E-state index contributed by atoms with van der Waals surface area (Å²) in [7, 11) is 0. The van der Waals surface area contributed by atoms with Crippen LogP contribution in [0.25, 0.3) is 6.08 Å². The molecule has 0 saturated carbocycles. The number of esters is 1. The van der Waals surface area contributed by atoms with Crippen molar-refractivity contribution in [1.82, 2.24) is 0 Å².